The Morgan fingerprint density at radius 1 is 1.24 bits per heavy atom. The Kier molecular flexibility index (Phi) is 4.64. The lowest BCUT2D eigenvalue weighted by atomic mass is 10.0. The van der Waals surface area contributed by atoms with Crippen LogP contribution < -0.4 is 0 Å². The molecule has 0 aliphatic carbocycles. The molecular formula is C16H24N2O3. The standard InChI is InChI=1S/C16H24N2O3/c1-9-6-18(7-10(2)21-9)8-14(20)16-11(3)15(13(5)19)12(4)17-16/h9-10,17H,6-8H2,1-5H3/t9-,10-/m1/s1. The van der Waals surface area contributed by atoms with Gasteiger partial charge in [0.25, 0.3) is 0 Å². The molecule has 1 aliphatic rings. The summed E-state index contributed by atoms with van der Waals surface area (Å²) in [5, 5.41) is 0. The molecule has 2 rings (SSSR count). The van der Waals surface area contributed by atoms with E-state index in [9.17, 15) is 9.59 Å². The summed E-state index contributed by atoms with van der Waals surface area (Å²) in [6.45, 7) is 11.1. The molecule has 1 aromatic rings. The predicted molar refractivity (Wildman–Crippen MR) is 81.1 cm³/mol. The number of ether oxygens (including phenoxy) is 1. The van der Waals surface area contributed by atoms with Gasteiger partial charge in [-0.1, -0.05) is 0 Å². The largest absolute Gasteiger partial charge is 0.373 e. The first-order valence-electron chi connectivity index (χ1n) is 7.40. The summed E-state index contributed by atoms with van der Waals surface area (Å²) < 4.78 is 5.68. The Labute approximate surface area is 125 Å². The highest BCUT2D eigenvalue weighted by Gasteiger charge is 2.26. The van der Waals surface area contributed by atoms with Crippen molar-refractivity contribution in [3.05, 3.63) is 22.5 Å². The van der Waals surface area contributed by atoms with Gasteiger partial charge in [0.15, 0.2) is 11.6 Å². The molecule has 5 nitrogen and oxygen atoms in total. The quantitative estimate of drug-likeness (QED) is 0.864. The fraction of sp³-hybridized carbons (Fsp3) is 0.625. The highest BCUT2D eigenvalue weighted by atomic mass is 16.5. The number of aromatic amines is 1. The molecule has 1 aromatic heterocycles. The van der Waals surface area contributed by atoms with Crippen LogP contribution in [0.3, 0.4) is 0 Å². The minimum Gasteiger partial charge on any atom is -0.373 e. The summed E-state index contributed by atoms with van der Waals surface area (Å²) >= 11 is 0. The molecule has 21 heavy (non-hydrogen) atoms. The highest BCUT2D eigenvalue weighted by molar-refractivity contribution is 6.03. The molecule has 5 heteroatoms. The maximum absolute atomic E-state index is 12.5. The van der Waals surface area contributed by atoms with Gasteiger partial charge in [-0.15, -0.1) is 0 Å². The number of ketones is 2. The van der Waals surface area contributed by atoms with Gasteiger partial charge in [0.2, 0.25) is 0 Å². The topological polar surface area (TPSA) is 62.4 Å². The molecular weight excluding hydrogens is 268 g/mol. The van der Waals surface area contributed by atoms with Crippen molar-refractivity contribution in [3.8, 4) is 0 Å². The number of rotatable bonds is 4. The zero-order valence-corrected chi connectivity index (χ0v) is 13.4. The fourth-order valence-electron chi connectivity index (χ4n) is 3.25. The number of nitrogens with one attached hydrogen (secondary N) is 1. The third-order valence-corrected chi connectivity index (χ3v) is 3.93. The van der Waals surface area contributed by atoms with E-state index in [-0.39, 0.29) is 23.8 Å². The second kappa shape index (κ2) is 6.12. The van der Waals surface area contributed by atoms with E-state index in [1.807, 2.05) is 27.7 Å². The number of morpholine rings is 1. The molecule has 1 fully saturated rings. The maximum atomic E-state index is 12.5. The molecule has 0 saturated carbocycles. The van der Waals surface area contributed by atoms with E-state index in [0.29, 0.717) is 17.8 Å². The van der Waals surface area contributed by atoms with Crippen LogP contribution in [0.25, 0.3) is 0 Å². The molecule has 1 N–H and O–H groups in total. The van der Waals surface area contributed by atoms with Gasteiger partial charge in [-0.2, -0.15) is 0 Å². The fourth-order valence-corrected chi connectivity index (χ4v) is 3.25. The molecule has 116 valence electrons. The maximum Gasteiger partial charge on any atom is 0.193 e. The van der Waals surface area contributed by atoms with Crippen molar-refractivity contribution in [1.82, 2.24) is 9.88 Å². The number of nitrogens with zero attached hydrogens (tertiary/aromatic N) is 1. The van der Waals surface area contributed by atoms with Gasteiger partial charge in [-0.05, 0) is 40.2 Å². The Morgan fingerprint density at radius 2 is 1.81 bits per heavy atom. The van der Waals surface area contributed by atoms with Gasteiger partial charge in [0.1, 0.15) is 0 Å². The summed E-state index contributed by atoms with van der Waals surface area (Å²) in [5.41, 5.74) is 2.73. The Bertz CT molecular complexity index is 552. The first-order chi connectivity index (χ1) is 9.79. The van der Waals surface area contributed by atoms with E-state index in [2.05, 4.69) is 9.88 Å². The molecule has 1 saturated heterocycles. The Balaban J connectivity index is 2.14. The van der Waals surface area contributed by atoms with Crippen LogP contribution in [0.4, 0.5) is 0 Å². The number of hydrogen-bond donors (Lipinski definition) is 1. The number of aryl methyl sites for hydroxylation is 1. The van der Waals surface area contributed by atoms with Crippen molar-refractivity contribution in [3.63, 3.8) is 0 Å². The van der Waals surface area contributed by atoms with Crippen LogP contribution in [0.5, 0.6) is 0 Å². The number of Topliss-reactive ketones (excluding diaryl/α,β-unsaturated/α-hetero) is 2. The molecule has 2 atom stereocenters. The summed E-state index contributed by atoms with van der Waals surface area (Å²) in [5.74, 6) is 0.0262. The van der Waals surface area contributed by atoms with E-state index in [4.69, 9.17) is 4.74 Å². The highest BCUT2D eigenvalue weighted by Crippen LogP contribution is 2.20. The van der Waals surface area contributed by atoms with Crippen molar-refractivity contribution in [1.29, 1.82) is 0 Å². The number of aromatic nitrogens is 1. The Hall–Kier alpha value is -1.46. The molecule has 0 bridgehead atoms. The van der Waals surface area contributed by atoms with Gasteiger partial charge in [-0.25, -0.2) is 0 Å². The van der Waals surface area contributed by atoms with E-state index in [1.54, 1.807) is 0 Å². The lowest BCUT2D eigenvalue weighted by Gasteiger charge is -2.34. The van der Waals surface area contributed by atoms with Crippen molar-refractivity contribution >= 4 is 11.6 Å². The molecule has 0 aromatic carbocycles. The van der Waals surface area contributed by atoms with Crippen LogP contribution in [0.1, 0.15) is 52.9 Å². The first kappa shape index (κ1) is 15.9. The number of carbonyl (C=O) groups excluding carboxylic acids is 2. The summed E-state index contributed by atoms with van der Waals surface area (Å²) in [6.07, 6.45) is 0.279. The second-order valence-corrected chi connectivity index (χ2v) is 6.06. The number of H-pyrrole nitrogens is 1. The number of carbonyl (C=O) groups is 2. The van der Waals surface area contributed by atoms with Crippen LogP contribution in [0.2, 0.25) is 0 Å². The third kappa shape index (κ3) is 3.41. The van der Waals surface area contributed by atoms with Gasteiger partial charge in [0, 0.05) is 24.3 Å². The van der Waals surface area contributed by atoms with E-state index in [1.165, 1.54) is 6.92 Å². The summed E-state index contributed by atoms with van der Waals surface area (Å²) in [7, 11) is 0. The average molecular weight is 292 g/mol. The van der Waals surface area contributed by atoms with Crippen molar-refractivity contribution < 1.29 is 14.3 Å². The van der Waals surface area contributed by atoms with E-state index >= 15 is 0 Å². The van der Waals surface area contributed by atoms with Crippen LogP contribution >= 0.6 is 0 Å². The van der Waals surface area contributed by atoms with Crippen LogP contribution in [-0.2, 0) is 4.74 Å². The lowest BCUT2D eigenvalue weighted by molar-refractivity contribution is -0.0652. The zero-order valence-electron chi connectivity index (χ0n) is 13.4. The number of hydrogen-bond acceptors (Lipinski definition) is 4. The van der Waals surface area contributed by atoms with Gasteiger partial charge >= 0.3 is 0 Å². The second-order valence-electron chi connectivity index (χ2n) is 6.06. The predicted octanol–water partition coefficient (Wildman–Crippen LogP) is 2.13. The third-order valence-electron chi connectivity index (χ3n) is 3.93. The van der Waals surface area contributed by atoms with Crippen LogP contribution in [0, 0.1) is 13.8 Å². The van der Waals surface area contributed by atoms with Crippen LogP contribution in [-0.4, -0.2) is 53.3 Å². The molecule has 0 radical (unpaired) electrons. The molecule has 0 unspecified atom stereocenters. The van der Waals surface area contributed by atoms with Crippen LogP contribution in [0.15, 0.2) is 0 Å². The first-order valence-corrected chi connectivity index (χ1v) is 7.40. The molecule has 1 aliphatic heterocycles. The zero-order chi connectivity index (χ0) is 15.7. The van der Waals surface area contributed by atoms with Gasteiger partial charge < -0.3 is 9.72 Å². The Morgan fingerprint density at radius 3 is 2.29 bits per heavy atom. The van der Waals surface area contributed by atoms with E-state index in [0.717, 1.165) is 24.3 Å². The van der Waals surface area contributed by atoms with Crippen molar-refractivity contribution in [2.24, 2.45) is 0 Å². The van der Waals surface area contributed by atoms with Gasteiger partial charge in [0.05, 0.1) is 24.4 Å². The van der Waals surface area contributed by atoms with Gasteiger partial charge in [-0.3, -0.25) is 14.5 Å². The minimum absolute atomic E-state index is 0.00563. The lowest BCUT2D eigenvalue weighted by Crippen LogP contribution is -2.47. The smallest absolute Gasteiger partial charge is 0.193 e. The normalized spacial score (nSPS) is 23.3. The molecule has 0 spiro atoms. The van der Waals surface area contributed by atoms with Crippen molar-refractivity contribution in [2.75, 3.05) is 19.6 Å². The minimum atomic E-state index is -0.00563. The summed E-state index contributed by atoms with van der Waals surface area (Å²) in [4.78, 5) is 29.3. The monoisotopic (exact) mass is 292 g/mol. The molecule has 2 heterocycles. The summed E-state index contributed by atoms with van der Waals surface area (Å²) in [6, 6.07) is 0. The van der Waals surface area contributed by atoms with Crippen molar-refractivity contribution in [2.45, 2.75) is 46.8 Å². The molecule has 0 amide bonds. The van der Waals surface area contributed by atoms with E-state index < -0.39 is 0 Å². The average Bonchev–Trinajstić information content (AvgIpc) is 2.63. The SMILES string of the molecule is CC(=O)c1c(C)[nH]c(C(=O)CN2C[C@@H](C)O[C@H](C)C2)c1C.